The maximum Gasteiger partial charge on any atom is 0.142 e. The fourth-order valence-electron chi connectivity index (χ4n) is 5.32. The number of piperazine rings is 1. The summed E-state index contributed by atoms with van der Waals surface area (Å²) in [5.41, 5.74) is 3.03. The van der Waals surface area contributed by atoms with Gasteiger partial charge in [0.05, 0.1) is 11.4 Å². The van der Waals surface area contributed by atoms with Gasteiger partial charge in [-0.15, -0.1) is 0 Å². The minimum absolute atomic E-state index is 0.219. The SMILES string of the molecule is O=CC(c1c[nH]c2ccccc12)N1C2CCC1CN(c1ncnc3[nH]ccc13)C2. The van der Waals surface area contributed by atoms with Crippen LogP contribution in [0.2, 0.25) is 0 Å². The highest BCUT2D eigenvalue weighted by Gasteiger charge is 2.44. The van der Waals surface area contributed by atoms with Crippen molar-refractivity contribution in [3.8, 4) is 0 Å². The molecular weight excluding hydrogens is 364 g/mol. The third-order valence-corrected chi connectivity index (χ3v) is 6.56. The summed E-state index contributed by atoms with van der Waals surface area (Å²) < 4.78 is 0. The molecule has 29 heavy (non-hydrogen) atoms. The standard InChI is InChI=1S/C22H22N6O/c29-12-20(18-9-24-19-4-2-1-3-16(18)19)28-14-5-6-15(28)11-27(10-14)22-17-7-8-23-21(17)25-13-26-22/h1-4,7-9,12-15,20,24H,5-6,10-11H2,(H,23,25,26). The first-order valence-electron chi connectivity index (χ1n) is 10.2. The number of hydrogen-bond donors (Lipinski definition) is 2. The second-order valence-corrected chi connectivity index (χ2v) is 8.04. The molecule has 0 amide bonds. The van der Waals surface area contributed by atoms with E-state index >= 15 is 0 Å². The molecule has 0 radical (unpaired) electrons. The molecule has 2 aliphatic heterocycles. The zero-order chi connectivity index (χ0) is 19.4. The van der Waals surface area contributed by atoms with E-state index in [-0.39, 0.29) is 6.04 Å². The number of benzene rings is 1. The van der Waals surface area contributed by atoms with Crippen LogP contribution in [-0.4, -0.2) is 56.3 Å². The van der Waals surface area contributed by atoms with Crippen molar-refractivity contribution in [3.63, 3.8) is 0 Å². The Morgan fingerprint density at radius 3 is 2.69 bits per heavy atom. The number of carbonyl (C=O) groups is 1. The van der Waals surface area contributed by atoms with Gasteiger partial charge >= 0.3 is 0 Å². The van der Waals surface area contributed by atoms with Gasteiger partial charge in [0.1, 0.15) is 24.1 Å². The molecule has 3 aromatic heterocycles. The summed E-state index contributed by atoms with van der Waals surface area (Å²) in [5.74, 6) is 0.988. The third-order valence-electron chi connectivity index (χ3n) is 6.56. The molecule has 7 nitrogen and oxygen atoms in total. The van der Waals surface area contributed by atoms with Crippen molar-refractivity contribution in [3.05, 3.63) is 54.6 Å². The van der Waals surface area contributed by atoms with Crippen molar-refractivity contribution in [2.75, 3.05) is 18.0 Å². The van der Waals surface area contributed by atoms with Gasteiger partial charge in [-0.25, -0.2) is 9.97 Å². The molecule has 0 saturated carbocycles. The molecule has 1 aromatic carbocycles. The Bertz CT molecular complexity index is 1180. The maximum absolute atomic E-state index is 12.3. The lowest BCUT2D eigenvalue weighted by molar-refractivity contribution is -0.114. The van der Waals surface area contributed by atoms with Crippen molar-refractivity contribution >= 4 is 34.0 Å². The summed E-state index contributed by atoms with van der Waals surface area (Å²) in [6.45, 7) is 1.75. The number of hydrogen-bond acceptors (Lipinski definition) is 5. The van der Waals surface area contributed by atoms with Gasteiger partial charge in [-0.2, -0.15) is 0 Å². The Hall–Kier alpha value is -3.19. The maximum atomic E-state index is 12.3. The molecular formula is C22H22N6O. The minimum atomic E-state index is -0.219. The van der Waals surface area contributed by atoms with Gasteiger partial charge in [-0.3, -0.25) is 4.90 Å². The lowest BCUT2D eigenvalue weighted by atomic mass is 10.0. The van der Waals surface area contributed by atoms with E-state index in [2.05, 4.69) is 41.9 Å². The summed E-state index contributed by atoms with van der Waals surface area (Å²) in [6.07, 6.45) is 8.87. The molecule has 3 unspecified atom stereocenters. The number of H-pyrrole nitrogens is 2. The molecule has 2 bridgehead atoms. The number of aromatic amines is 2. The van der Waals surface area contributed by atoms with Crippen LogP contribution in [0.15, 0.2) is 49.1 Å². The van der Waals surface area contributed by atoms with Gasteiger partial charge < -0.3 is 19.7 Å². The van der Waals surface area contributed by atoms with Crippen LogP contribution in [0.1, 0.15) is 24.4 Å². The summed E-state index contributed by atoms with van der Waals surface area (Å²) in [7, 11) is 0. The Morgan fingerprint density at radius 2 is 1.86 bits per heavy atom. The van der Waals surface area contributed by atoms with Crippen molar-refractivity contribution < 1.29 is 4.79 Å². The Kier molecular flexibility index (Phi) is 3.70. The van der Waals surface area contributed by atoms with Crippen LogP contribution in [0.4, 0.5) is 5.82 Å². The fraction of sp³-hybridized carbons (Fsp3) is 0.318. The van der Waals surface area contributed by atoms with Crippen LogP contribution in [0.5, 0.6) is 0 Å². The topological polar surface area (TPSA) is 80.9 Å². The van der Waals surface area contributed by atoms with Crippen molar-refractivity contribution in [1.29, 1.82) is 0 Å². The second kappa shape index (κ2) is 6.42. The van der Waals surface area contributed by atoms with E-state index in [0.717, 1.165) is 65.5 Å². The quantitative estimate of drug-likeness (QED) is 0.527. The zero-order valence-corrected chi connectivity index (χ0v) is 16.0. The second-order valence-electron chi connectivity index (χ2n) is 8.04. The average molecular weight is 386 g/mol. The Balaban J connectivity index is 1.34. The van der Waals surface area contributed by atoms with Gasteiger partial charge in [0.2, 0.25) is 0 Å². The van der Waals surface area contributed by atoms with E-state index < -0.39 is 0 Å². The third kappa shape index (κ3) is 2.50. The lowest BCUT2D eigenvalue weighted by Gasteiger charge is -2.44. The molecule has 3 atom stereocenters. The zero-order valence-electron chi connectivity index (χ0n) is 16.0. The molecule has 2 N–H and O–H groups in total. The van der Waals surface area contributed by atoms with E-state index in [9.17, 15) is 4.79 Å². The molecule has 2 saturated heterocycles. The first kappa shape index (κ1) is 16.7. The smallest absolute Gasteiger partial charge is 0.142 e. The summed E-state index contributed by atoms with van der Waals surface area (Å²) in [5, 5.41) is 2.19. The van der Waals surface area contributed by atoms with E-state index in [4.69, 9.17) is 0 Å². The summed E-state index contributed by atoms with van der Waals surface area (Å²) >= 11 is 0. The highest BCUT2D eigenvalue weighted by molar-refractivity contribution is 5.88. The number of aromatic nitrogens is 4. The highest BCUT2D eigenvalue weighted by atomic mass is 16.1. The molecule has 7 heteroatoms. The van der Waals surface area contributed by atoms with Crippen molar-refractivity contribution in [2.45, 2.75) is 31.0 Å². The van der Waals surface area contributed by atoms with E-state index in [1.54, 1.807) is 6.33 Å². The molecule has 146 valence electrons. The lowest BCUT2D eigenvalue weighted by Crippen LogP contribution is -2.55. The van der Waals surface area contributed by atoms with Crippen molar-refractivity contribution in [2.24, 2.45) is 0 Å². The van der Waals surface area contributed by atoms with Crippen LogP contribution in [0.25, 0.3) is 21.9 Å². The van der Waals surface area contributed by atoms with Crippen LogP contribution in [0.3, 0.4) is 0 Å². The molecule has 0 spiro atoms. The fourth-order valence-corrected chi connectivity index (χ4v) is 5.32. The number of rotatable bonds is 4. The number of anilines is 1. The molecule has 6 rings (SSSR count). The number of nitrogens with one attached hydrogen (secondary N) is 2. The number of nitrogens with zero attached hydrogens (tertiary/aromatic N) is 4. The molecule has 4 aromatic rings. The van der Waals surface area contributed by atoms with Gasteiger partial charge in [-0.05, 0) is 25.0 Å². The summed E-state index contributed by atoms with van der Waals surface area (Å²) in [4.78, 5) is 32.5. The van der Waals surface area contributed by atoms with Gasteiger partial charge in [0.25, 0.3) is 0 Å². The highest BCUT2D eigenvalue weighted by Crippen LogP contribution is 2.40. The van der Waals surface area contributed by atoms with E-state index in [1.165, 1.54) is 0 Å². The first-order valence-corrected chi connectivity index (χ1v) is 10.2. The molecule has 0 aliphatic carbocycles. The Labute approximate surface area is 167 Å². The average Bonchev–Trinajstić information content (AvgIpc) is 3.46. The predicted octanol–water partition coefficient (Wildman–Crippen LogP) is 3.03. The van der Waals surface area contributed by atoms with Gasteiger partial charge in [0, 0.05) is 54.0 Å². The summed E-state index contributed by atoms with van der Waals surface area (Å²) in [6, 6.07) is 10.7. The van der Waals surface area contributed by atoms with Crippen LogP contribution in [0, 0.1) is 0 Å². The monoisotopic (exact) mass is 386 g/mol. The van der Waals surface area contributed by atoms with Crippen LogP contribution in [-0.2, 0) is 4.79 Å². The van der Waals surface area contributed by atoms with Gasteiger partial charge in [0.15, 0.2) is 0 Å². The molecule has 5 heterocycles. The molecule has 2 aliphatic rings. The largest absolute Gasteiger partial charge is 0.361 e. The van der Waals surface area contributed by atoms with E-state index in [0.29, 0.717) is 12.1 Å². The van der Waals surface area contributed by atoms with Crippen LogP contribution >= 0.6 is 0 Å². The molecule has 2 fully saturated rings. The number of aldehydes is 1. The first-order chi connectivity index (χ1) is 14.3. The normalized spacial score (nSPS) is 23.1. The van der Waals surface area contributed by atoms with Crippen LogP contribution < -0.4 is 4.90 Å². The van der Waals surface area contributed by atoms with E-state index in [1.807, 2.05) is 30.6 Å². The predicted molar refractivity (Wildman–Crippen MR) is 112 cm³/mol. The number of fused-ring (bicyclic) bond motifs is 4. The minimum Gasteiger partial charge on any atom is -0.361 e. The van der Waals surface area contributed by atoms with Gasteiger partial charge in [-0.1, -0.05) is 18.2 Å². The Morgan fingerprint density at radius 1 is 1.03 bits per heavy atom. The number of carbonyl (C=O) groups excluding carboxylic acids is 1. The van der Waals surface area contributed by atoms with Crippen molar-refractivity contribution in [1.82, 2.24) is 24.8 Å². The number of para-hydroxylation sites is 1.